The van der Waals surface area contributed by atoms with Crippen LogP contribution < -0.4 is 0 Å². The van der Waals surface area contributed by atoms with E-state index in [0.717, 1.165) is 16.3 Å². The van der Waals surface area contributed by atoms with Crippen LogP contribution in [-0.2, 0) is 11.3 Å². The van der Waals surface area contributed by atoms with Crippen LogP contribution in [0.5, 0.6) is 0 Å². The number of carbonyl (C=O) groups excluding carboxylic acids is 1. The maximum atomic E-state index is 12.5. The molecule has 0 aliphatic rings. The largest absolute Gasteiger partial charge is 0.359 e. The van der Waals surface area contributed by atoms with E-state index in [-0.39, 0.29) is 11.2 Å². The van der Waals surface area contributed by atoms with E-state index in [4.69, 9.17) is 4.52 Å². The fourth-order valence-corrected chi connectivity index (χ4v) is 3.24. The van der Waals surface area contributed by atoms with Crippen molar-refractivity contribution in [2.45, 2.75) is 23.7 Å². The number of pyridine rings is 2. The quantitative estimate of drug-likeness (QED) is 0.633. The molecule has 6 nitrogen and oxygen atoms in total. The summed E-state index contributed by atoms with van der Waals surface area (Å²) in [7, 11) is 1.76. The molecule has 128 valence electrons. The first kappa shape index (κ1) is 17.2. The van der Waals surface area contributed by atoms with E-state index in [2.05, 4.69) is 15.1 Å². The summed E-state index contributed by atoms with van der Waals surface area (Å²) in [6.45, 7) is 2.24. The van der Waals surface area contributed by atoms with Crippen molar-refractivity contribution in [3.05, 3.63) is 60.7 Å². The maximum Gasteiger partial charge on any atom is 0.235 e. The number of nitrogens with zero attached hydrogens (tertiary/aromatic N) is 4. The standard InChI is InChI=1S/C18H18N4O2S/c1-13(25-17-5-3-4-8-20-17)18(23)22(2)12-15-11-16(21-24-15)14-6-9-19-10-7-14/h3-11,13H,12H2,1-2H3/t13-/m0/s1. The molecule has 0 radical (unpaired) electrons. The van der Waals surface area contributed by atoms with Crippen molar-refractivity contribution < 1.29 is 9.32 Å². The van der Waals surface area contributed by atoms with Gasteiger partial charge in [-0.2, -0.15) is 0 Å². The lowest BCUT2D eigenvalue weighted by Crippen LogP contribution is -2.32. The first-order chi connectivity index (χ1) is 12.1. The highest BCUT2D eigenvalue weighted by atomic mass is 32.2. The molecule has 0 aromatic carbocycles. The lowest BCUT2D eigenvalue weighted by atomic mass is 10.2. The third-order valence-corrected chi connectivity index (χ3v) is 4.63. The van der Waals surface area contributed by atoms with Crippen molar-refractivity contribution in [1.82, 2.24) is 20.0 Å². The molecule has 0 saturated carbocycles. The molecule has 1 amide bonds. The van der Waals surface area contributed by atoms with Gasteiger partial charge in [0.05, 0.1) is 16.8 Å². The summed E-state index contributed by atoms with van der Waals surface area (Å²) in [6, 6.07) is 11.2. The van der Waals surface area contributed by atoms with Gasteiger partial charge in [-0.05, 0) is 31.2 Å². The van der Waals surface area contributed by atoms with Gasteiger partial charge in [-0.3, -0.25) is 9.78 Å². The molecule has 3 rings (SSSR count). The van der Waals surface area contributed by atoms with Crippen molar-refractivity contribution in [3.8, 4) is 11.3 Å². The maximum absolute atomic E-state index is 12.5. The third-order valence-electron chi connectivity index (χ3n) is 3.59. The Balaban J connectivity index is 1.61. The molecule has 0 N–H and O–H groups in total. The minimum Gasteiger partial charge on any atom is -0.359 e. The molecule has 0 fully saturated rings. The van der Waals surface area contributed by atoms with E-state index in [1.807, 2.05) is 43.3 Å². The summed E-state index contributed by atoms with van der Waals surface area (Å²) in [5.74, 6) is 0.648. The smallest absolute Gasteiger partial charge is 0.235 e. The SMILES string of the molecule is C[C@H](Sc1ccccn1)C(=O)N(C)Cc1cc(-c2ccncc2)no1. The van der Waals surface area contributed by atoms with Crippen LogP contribution in [0.3, 0.4) is 0 Å². The number of aromatic nitrogens is 3. The molecule has 3 aromatic rings. The highest BCUT2D eigenvalue weighted by molar-refractivity contribution is 8.00. The zero-order chi connectivity index (χ0) is 17.6. The molecule has 0 bridgehead atoms. The Labute approximate surface area is 150 Å². The Kier molecular flexibility index (Phi) is 5.45. The van der Waals surface area contributed by atoms with Gasteiger partial charge < -0.3 is 9.42 Å². The van der Waals surface area contributed by atoms with Gasteiger partial charge in [0.25, 0.3) is 0 Å². The van der Waals surface area contributed by atoms with Gasteiger partial charge in [0.1, 0.15) is 5.69 Å². The van der Waals surface area contributed by atoms with E-state index in [9.17, 15) is 4.79 Å². The first-order valence-corrected chi connectivity index (χ1v) is 8.70. The highest BCUT2D eigenvalue weighted by Gasteiger charge is 2.20. The molecule has 0 spiro atoms. The van der Waals surface area contributed by atoms with Crippen molar-refractivity contribution in [2.75, 3.05) is 7.05 Å². The second-order valence-corrected chi connectivity index (χ2v) is 6.90. The normalized spacial score (nSPS) is 11.9. The molecule has 0 aliphatic carbocycles. The summed E-state index contributed by atoms with van der Waals surface area (Å²) < 4.78 is 5.35. The number of carbonyl (C=O) groups is 1. The summed E-state index contributed by atoms with van der Waals surface area (Å²) in [5.41, 5.74) is 1.66. The van der Waals surface area contributed by atoms with Crippen LogP contribution >= 0.6 is 11.8 Å². The van der Waals surface area contributed by atoms with E-state index in [1.54, 1.807) is 30.5 Å². The van der Waals surface area contributed by atoms with Crippen molar-refractivity contribution in [3.63, 3.8) is 0 Å². The van der Waals surface area contributed by atoms with Gasteiger partial charge in [-0.25, -0.2) is 4.98 Å². The second-order valence-electron chi connectivity index (χ2n) is 5.54. The minimum absolute atomic E-state index is 0.0116. The first-order valence-electron chi connectivity index (χ1n) is 7.82. The van der Waals surface area contributed by atoms with Crippen molar-refractivity contribution >= 4 is 17.7 Å². The summed E-state index contributed by atoms with van der Waals surface area (Å²) in [5, 5.41) is 4.65. The Morgan fingerprint density at radius 3 is 2.76 bits per heavy atom. The van der Waals surface area contributed by atoms with Crippen molar-refractivity contribution in [2.24, 2.45) is 0 Å². The lowest BCUT2D eigenvalue weighted by molar-refractivity contribution is -0.129. The van der Waals surface area contributed by atoms with E-state index >= 15 is 0 Å². The van der Waals surface area contributed by atoms with Crippen LogP contribution in [-0.4, -0.2) is 38.2 Å². The third kappa shape index (κ3) is 4.45. The topological polar surface area (TPSA) is 72.1 Å². The molecule has 0 aliphatic heterocycles. The van der Waals surface area contributed by atoms with E-state index < -0.39 is 0 Å². The monoisotopic (exact) mass is 354 g/mol. The predicted molar refractivity (Wildman–Crippen MR) is 95.8 cm³/mol. The Morgan fingerprint density at radius 1 is 1.24 bits per heavy atom. The highest BCUT2D eigenvalue weighted by Crippen LogP contribution is 2.23. The van der Waals surface area contributed by atoms with Crippen LogP contribution in [0.2, 0.25) is 0 Å². The molecule has 0 saturated heterocycles. The van der Waals surface area contributed by atoms with Crippen LogP contribution in [0, 0.1) is 0 Å². The number of hydrogen-bond donors (Lipinski definition) is 0. The zero-order valence-electron chi connectivity index (χ0n) is 14.0. The van der Waals surface area contributed by atoms with Crippen molar-refractivity contribution in [1.29, 1.82) is 0 Å². The fraction of sp³-hybridized carbons (Fsp3) is 0.222. The van der Waals surface area contributed by atoms with E-state index in [0.29, 0.717) is 12.3 Å². The Bertz CT molecular complexity index is 823. The zero-order valence-corrected chi connectivity index (χ0v) is 14.8. The molecule has 1 atom stereocenters. The molecule has 25 heavy (non-hydrogen) atoms. The van der Waals surface area contributed by atoms with Gasteiger partial charge in [-0.1, -0.05) is 23.0 Å². The van der Waals surface area contributed by atoms with Gasteiger partial charge in [0.2, 0.25) is 5.91 Å². The fourth-order valence-electron chi connectivity index (χ4n) is 2.32. The van der Waals surface area contributed by atoms with Gasteiger partial charge >= 0.3 is 0 Å². The van der Waals surface area contributed by atoms with Crippen LogP contribution in [0.4, 0.5) is 0 Å². The molecule has 3 heterocycles. The van der Waals surface area contributed by atoms with E-state index in [1.165, 1.54) is 11.8 Å². The summed E-state index contributed by atoms with van der Waals surface area (Å²) >= 11 is 1.44. The average Bonchev–Trinajstić information content (AvgIpc) is 3.11. The Morgan fingerprint density at radius 2 is 2.04 bits per heavy atom. The lowest BCUT2D eigenvalue weighted by Gasteiger charge is -2.19. The molecule has 0 unspecified atom stereocenters. The second kappa shape index (κ2) is 7.94. The molecular weight excluding hydrogens is 336 g/mol. The number of thioether (sulfide) groups is 1. The van der Waals surface area contributed by atoms with Gasteiger partial charge in [0.15, 0.2) is 5.76 Å². The molecule has 7 heteroatoms. The van der Waals surface area contributed by atoms with Gasteiger partial charge in [0, 0.05) is 37.3 Å². The molecule has 3 aromatic heterocycles. The van der Waals surface area contributed by atoms with Gasteiger partial charge in [-0.15, -0.1) is 0 Å². The minimum atomic E-state index is -0.234. The number of amides is 1. The number of hydrogen-bond acceptors (Lipinski definition) is 6. The predicted octanol–water partition coefficient (Wildman–Crippen LogP) is 3.27. The van der Waals surface area contributed by atoms with Crippen LogP contribution in [0.25, 0.3) is 11.3 Å². The summed E-state index contributed by atoms with van der Waals surface area (Å²) in [4.78, 5) is 22.4. The average molecular weight is 354 g/mol. The Hall–Kier alpha value is -2.67. The van der Waals surface area contributed by atoms with Crippen LogP contribution in [0.1, 0.15) is 12.7 Å². The van der Waals surface area contributed by atoms with Crippen LogP contribution in [0.15, 0.2) is 64.5 Å². The number of rotatable bonds is 6. The molecular formula is C18H18N4O2S. The summed E-state index contributed by atoms with van der Waals surface area (Å²) in [6.07, 6.45) is 5.13.